The summed E-state index contributed by atoms with van der Waals surface area (Å²) in [6.45, 7) is 1.76. The van der Waals surface area contributed by atoms with E-state index < -0.39 is 32.6 Å². The van der Waals surface area contributed by atoms with Crippen LogP contribution in [-0.2, 0) is 14.6 Å². The number of carbonyl (C=O) groups excluding carboxylic acids is 1. The number of fused-ring (bicyclic) bond motifs is 4. The second kappa shape index (κ2) is 5.74. The summed E-state index contributed by atoms with van der Waals surface area (Å²) in [4.78, 5) is 12.9. The Hall–Kier alpha value is -2.54. The van der Waals surface area contributed by atoms with Crippen LogP contribution in [0.4, 0.5) is 0 Å². The van der Waals surface area contributed by atoms with Crippen molar-refractivity contribution in [1.82, 2.24) is 5.32 Å². The molecular weight excluding hydrogens is 354 g/mol. The zero-order valence-electron chi connectivity index (χ0n) is 14.4. The van der Waals surface area contributed by atoms with Crippen LogP contribution >= 0.6 is 0 Å². The Kier molecular flexibility index (Phi) is 3.73. The third kappa shape index (κ3) is 2.54. The lowest BCUT2D eigenvalue weighted by atomic mass is 9.81. The monoisotopic (exact) mass is 373 g/mol. The number of methoxy groups -OCH3 is 1. The summed E-state index contributed by atoms with van der Waals surface area (Å²) in [6, 6.07) is 13.3. The zero-order valence-corrected chi connectivity index (χ0v) is 15.2. The Morgan fingerprint density at radius 2 is 1.92 bits per heavy atom. The van der Waals surface area contributed by atoms with Gasteiger partial charge in [0.2, 0.25) is 5.91 Å². The van der Waals surface area contributed by atoms with Crippen molar-refractivity contribution in [2.75, 3.05) is 7.11 Å². The summed E-state index contributed by atoms with van der Waals surface area (Å²) in [5.41, 5.74) is -0.230. The van der Waals surface area contributed by atoms with Gasteiger partial charge in [0, 0.05) is 18.4 Å². The molecule has 4 rings (SSSR count). The summed E-state index contributed by atoms with van der Waals surface area (Å²) in [5, 5.41) is 1.55. The molecule has 0 aromatic heterocycles. The minimum absolute atomic E-state index is 0.144. The molecule has 0 saturated carbocycles. The van der Waals surface area contributed by atoms with Gasteiger partial charge in [-0.3, -0.25) is 4.79 Å². The molecule has 1 N–H and O–H groups in total. The quantitative estimate of drug-likeness (QED) is 0.892. The predicted octanol–water partition coefficient (Wildman–Crippen LogP) is 2.25. The van der Waals surface area contributed by atoms with Crippen molar-refractivity contribution in [3.63, 3.8) is 0 Å². The summed E-state index contributed by atoms with van der Waals surface area (Å²) in [5.74, 6) is 0.125. The molecule has 0 aliphatic carbocycles. The van der Waals surface area contributed by atoms with E-state index in [0.717, 1.165) is 0 Å². The first-order valence-corrected chi connectivity index (χ1v) is 9.87. The maximum Gasteiger partial charge on any atom is 0.242 e. The topological polar surface area (TPSA) is 81.7 Å². The highest BCUT2D eigenvalue weighted by Crippen LogP contribution is 2.48. The molecule has 2 bridgehead atoms. The second-order valence-electron chi connectivity index (χ2n) is 6.82. The van der Waals surface area contributed by atoms with Crippen LogP contribution in [0.25, 0.3) is 0 Å². The van der Waals surface area contributed by atoms with Gasteiger partial charge in [0.1, 0.15) is 11.5 Å². The van der Waals surface area contributed by atoms with E-state index in [1.807, 2.05) is 0 Å². The minimum atomic E-state index is -3.85. The fraction of sp³-hybridized carbons (Fsp3) is 0.316. The van der Waals surface area contributed by atoms with Crippen molar-refractivity contribution in [2.24, 2.45) is 0 Å². The molecule has 2 heterocycles. The SMILES string of the molecule is COc1ccc2c(c1)O[C@@]1(C)C[C@H]2[C@@H](S(=O)(=O)c2ccccc2)C(=O)N1. The van der Waals surface area contributed by atoms with E-state index in [1.54, 1.807) is 50.4 Å². The van der Waals surface area contributed by atoms with Crippen molar-refractivity contribution >= 4 is 15.7 Å². The third-order valence-corrected chi connectivity index (χ3v) is 7.12. The molecule has 26 heavy (non-hydrogen) atoms. The lowest BCUT2D eigenvalue weighted by molar-refractivity contribution is -0.132. The van der Waals surface area contributed by atoms with E-state index in [2.05, 4.69) is 5.32 Å². The van der Waals surface area contributed by atoms with Crippen LogP contribution in [0.5, 0.6) is 11.5 Å². The van der Waals surface area contributed by atoms with Crippen LogP contribution in [-0.4, -0.2) is 32.4 Å². The van der Waals surface area contributed by atoms with Gasteiger partial charge in [-0.05, 0) is 30.7 Å². The number of sulfone groups is 1. The van der Waals surface area contributed by atoms with Crippen molar-refractivity contribution in [3.05, 3.63) is 54.1 Å². The van der Waals surface area contributed by atoms with E-state index in [9.17, 15) is 13.2 Å². The van der Waals surface area contributed by atoms with Crippen LogP contribution in [0.1, 0.15) is 24.8 Å². The molecule has 1 fully saturated rings. The number of amides is 1. The lowest BCUT2D eigenvalue weighted by Crippen LogP contribution is -2.63. The van der Waals surface area contributed by atoms with Gasteiger partial charge in [-0.25, -0.2) is 8.42 Å². The highest BCUT2D eigenvalue weighted by atomic mass is 32.2. The molecule has 2 aromatic carbocycles. The Labute approximate surface area is 152 Å². The molecule has 1 saturated heterocycles. The maximum atomic E-state index is 13.2. The zero-order chi connectivity index (χ0) is 18.5. The molecule has 0 spiro atoms. The van der Waals surface area contributed by atoms with Crippen LogP contribution in [0.2, 0.25) is 0 Å². The van der Waals surface area contributed by atoms with Crippen LogP contribution in [0, 0.1) is 0 Å². The number of hydrogen-bond acceptors (Lipinski definition) is 5. The molecule has 7 heteroatoms. The van der Waals surface area contributed by atoms with Crippen LogP contribution in [0.3, 0.4) is 0 Å². The number of benzene rings is 2. The normalized spacial score (nSPS) is 27.1. The fourth-order valence-corrected chi connectivity index (χ4v) is 5.67. The molecule has 2 aliphatic heterocycles. The smallest absolute Gasteiger partial charge is 0.242 e. The van der Waals surface area contributed by atoms with E-state index in [0.29, 0.717) is 23.5 Å². The summed E-state index contributed by atoms with van der Waals surface area (Å²) in [7, 11) is -2.29. The van der Waals surface area contributed by atoms with E-state index in [1.165, 1.54) is 12.1 Å². The molecule has 0 radical (unpaired) electrons. The Bertz CT molecular complexity index is 973. The average molecular weight is 373 g/mol. The van der Waals surface area contributed by atoms with Gasteiger partial charge >= 0.3 is 0 Å². The van der Waals surface area contributed by atoms with Gasteiger partial charge in [-0.2, -0.15) is 0 Å². The highest BCUT2D eigenvalue weighted by Gasteiger charge is 2.54. The molecule has 2 aromatic rings. The van der Waals surface area contributed by atoms with Crippen LogP contribution < -0.4 is 14.8 Å². The Balaban J connectivity index is 1.85. The molecule has 3 atom stereocenters. The first kappa shape index (κ1) is 16.9. The first-order chi connectivity index (χ1) is 12.3. The van der Waals surface area contributed by atoms with Gasteiger partial charge in [0.15, 0.2) is 20.8 Å². The number of ether oxygens (including phenoxy) is 2. The Morgan fingerprint density at radius 1 is 1.19 bits per heavy atom. The third-order valence-electron chi connectivity index (χ3n) is 4.98. The van der Waals surface area contributed by atoms with Crippen molar-refractivity contribution in [3.8, 4) is 11.5 Å². The molecule has 2 aliphatic rings. The van der Waals surface area contributed by atoms with Crippen molar-refractivity contribution in [1.29, 1.82) is 0 Å². The van der Waals surface area contributed by atoms with E-state index in [-0.39, 0.29) is 4.90 Å². The maximum absolute atomic E-state index is 13.2. The molecule has 0 unspecified atom stereocenters. The summed E-state index contributed by atoms with van der Waals surface area (Å²) >= 11 is 0. The number of hydrogen-bond donors (Lipinski definition) is 1. The summed E-state index contributed by atoms with van der Waals surface area (Å²) in [6.07, 6.45) is 0.384. The minimum Gasteiger partial charge on any atom is -0.497 e. The number of carbonyl (C=O) groups is 1. The molecule has 136 valence electrons. The number of rotatable bonds is 3. The number of nitrogens with one attached hydrogen (secondary N) is 1. The predicted molar refractivity (Wildman–Crippen MR) is 94.9 cm³/mol. The number of piperidine rings is 1. The van der Waals surface area contributed by atoms with Gasteiger partial charge < -0.3 is 14.8 Å². The van der Waals surface area contributed by atoms with Crippen LogP contribution in [0.15, 0.2) is 53.4 Å². The second-order valence-corrected chi connectivity index (χ2v) is 8.88. The van der Waals surface area contributed by atoms with Gasteiger partial charge in [-0.15, -0.1) is 0 Å². The van der Waals surface area contributed by atoms with Crippen molar-refractivity contribution in [2.45, 2.75) is 35.1 Å². The van der Waals surface area contributed by atoms with E-state index >= 15 is 0 Å². The van der Waals surface area contributed by atoms with Gasteiger partial charge in [0.05, 0.1) is 12.0 Å². The van der Waals surface area contributed by atoms with Gasteiger partial charge in [-0.1, -0.05) is 24.3 Å². The highest BCUT2D eigenvalue weighted by molar-refractivity contribution is 7.92. The molecule has 1 amide bonds. The molecule has 6 nitrogen and oxygen atoms in total. The largest absolute Gasteiger partial charge is 0.497 e. The lowest BCUT2D eigenvalue weighted by Gasteiger charge is -2.46. The van der Waals surface area contributed by atoms with Gasteiger partial charge in [0.25, 0.3) is 0 Å². The average Bonchev–Trinajstić information content (AvgIpc) is 2.60. The summed E-state index contributed by atoms with van der Waals surface area (Å²) < 4.78 is 37.6. The molecular formula is C19H19NO5S. The fourth-order valence-electron chi connectivity index (χ4n) is 3.83. The standard InChI is InChI=1S/C19H19NO5S/c1-19-11-15(14-9-8-12(24-2)10-16(14)25-19)17(18(21)20-19)26(22,23)13-6-4-3-5-7-13/h3-10,15,17H,11H2,1-2H3,(H,20,21)/t15-,17-,19+/m1/s1. The first-order valence-electron chi connectivity index (χ1n) is 8.32. The Morgan fingerprint density at radius 3 is 2.62 bits per heavy atom. The van der Waals surface area contributed by atoms with E-state index in [4.69, 9.17) is 9.47 Å². The van der Waals surface area contributed by atoms with Crippen molar-refractivity contribution < 1.29 is 22.7 Å².